The number of benzene rings is 2. The van der Waals surface area contributed by atoms with Gasteiger partial charge in [0, 0.05) is 75.7 Å². The summed E-state index contributed by atoms with van der Waals surface area (Å²) in [6.45, 7) is 2.69. The summed E-state index contributed by atoms with van der Waals surface area (Å²) in [4.78, 5) is 53.2. The van der Waals surface area contributed by atoms with Crippen LogP contribution in [0.4, 0.5) is 10.1 Å². The third-order valence-corrected chi connectivity index (χ3v) is 9.68. The van der Waals surface area contributed by atoms with Crippen molar-refractivity contribution in [2.45, 2.75) is 56.1 Å². The summed E-state index contributed by atoms with van der Waals surface area (Å²) in [6.07, 6.45) is 3.91. The minimum atomic E-state index is -0.696. The first-order valence-electron chi connectivity index (χ1n) is 15.9. The van der Waals surface area contributed by atoms with E-state index in [0.717, 1.165) is 25.1 Å². The van der Waals surface area contributed by atoms with Crippen molar-refractivity contribution >= 4 is 35.0 Å². The number of imide groups is 1. The minimum absolute atomic E-state index is 0.0391. The van der Waals surface area contributed by atoms with Gasteiger partial charge in [-0.1, -0.05) is 29.8 Å². The smallest absolute Gasteiger partial charge is 0.287 e. The van der Waals surface area contributed by atoms with Gasteiger partial charge in [-0.15, -0.1) is 0 Å². The van der Waals surface area contributed by atoms with E-state index in [1.54, 1.807) is 25.4 Å². The zero-order valence-corrected chi connectivity index (χ0v) is 27.1. The molecular formula is C34H38ClFN6O5. The standard InChI is InChI=1S/C34H38ClFN6O5/c1-40-18-22(15-23(19-40)38-29-17-37-41(2)34(46)31(29)35)20-3-5-21(6-4-20)33(45)42-13-11-24(12-14-42)47-25-7-8-26(28(36)16-25)27-9-10-30(43)39-32(27)44/h3-8,16-17,22-24,27,38H,9-15,18-19H2,1-2H3,(H,39,43,44)/t22-,23+,27?/m0/s1. The van der Waals surface area contributed by atoms with E-state index in [9.17, 15) is 23.6 Å². The van der Waals surface area contributed by atoms with Crippen molar-refractivity contribution in [1.29, 1.82) is 0 Å². The number of nitrogens with one attached hydrogen (secondary N) is 2. The van der Waals surface area contributed by atoms with Crippen LogP contribution in [0.3, 0.4) is 0 Å². The molecule has 248 valence electrons. The fourth-order valence-electron chi connectivity index (χ4n) is 6.80. The molecule has 3 aromatic rings. The van der Waals surface area contributed by atoms with Gasteiger partial charge in [-0.2, -0.15) is 5.10 Å². The zero-order chi connectivity index (χ0) is 33.2. The number of amides is 3. The van der Waals surface area contributed by atoms with E-state index in [-0.39, 0.29) is 58.9 Å². The molecule has 2 N–H and O–H groups in total. The molecule has 3 aliphatic heterocycles. The Bertz CT molecular complexity index is 1720. The molecule has 11 nitrogen and oxygen atoms in total. The van der Waals surface area contributed by atoms with Gasteiger partial charge in [-0.3, -0.25) is 24.5 Å². The van der Waals surface area contributed by atoms with Gasteiger partial charge in [-0.05, 0) is 49.6 Å². The summed E-state index contributed by atoms with van der Waals surface area (Å²) in [6, 6.07) is 12.4. The average Bonchev–Trinajstić information content (AvgIpc) is 3.05. The van der Waals surface area contributed by atoms with Gasteiger partial charge in [0.05, 0.1) is 17.8 Å². The summed E-state index contributed by atoms with van der Waals surface area (Å²) in [7, 11) is 3.62. The molecule has 3 saturated heterocycles. The number of halogens is 2. The number of aromatic nitrogens is 2. The molecule has 1 aromatic heterocycles. The number of carbonyl (C=O) groups is 3. The van der Waals surface area contributed by atoms with Crippen LogP contribution in [0.1, 0.15) is 65.4 Å². The number of aryl methyl sites for hydroxylation is 1. The molecule has 47 heavy (non-hydrogen) atoms. The number of hydrogen-bond donors (Lipinski definition) is 2. The Morgan fingerprint density at radius 1 is 1.04 bits per heavy atom. The lowest BCUT2D eigenvalue weighted by Crippen LogP contribution is -2.43. The average molecular weight is 665 g/mol. The molecule has 0 saturated carbocycles. The maximum atomic E-state index is 14.9. The largest absolute Gasteiger partial charge is 0.490 e. The predicted molar refractivity (Wildman–Crippen MR) is 174 cm³/mol. The monoisotopic (exact) mass is 664 g/mol. The zero-order valence-electron chi connectivity index (χ0n) is 26.4. The summed E-state index contributed by atoms with van der Waals surface area (Å²) in [5.74, 6) is -1.49. The number of rotatable bonds is 7. The van der Waals surface area contributed by atoms with Crippen LogP contribution >= 0.6 is 11.6 Å². The third-order valence-electron chi connectivity index (χ3n) is 9.32. The second kappa shape index (κ2) is 13.8. The second-order valence-corrected chi connectivity index (χ2v) is 13.1. The van der Waals surface area contributed by atoms with Crippen molar-refractivity contribution in [2.75, 3.05) is 38.5 Å². The molecule has 2 aromatic carbocycles. The summed E-state index contributed by atoms with van der Waals surface area (Å²) in [5, 5.41) is 9.87. The number of anilines is 1. The van der Waals surface area contributed by atoms with Crippen LogP contribution in [-0.2, 0) is 16.6 Å². The highest BCUT2D eigenvalue weighted by atomic mass is 35.5. The maximum absolute atomic E-state index is 14.9. The van der Waals surface area contributed by atoms with Crippen LogP contribution in [-0.4, -0.2) is 82.7 Å². The van der Waals surface area contributed by atoms with Gasteiger partial charge in [0.1, 0.15) is 22.7 Å². The Balaban J connectivity index is 1.01. The molecule has 3 aliphatic rings. The number of hydrogen-bond acceptors (Lipinski definition) is 8. The summed E-state index contributed by atoms with van der Waals surface area (Å²) < 4.78 is 22.2. The highest BCUT2D eigenvalue weighted by Gasteiger charge is 2.31. The van der Waals surface area contributed by atoms with Crippen molar-refractivity contribution in [1.82, 2.24) is 24.9 Å². The molecule has 0 bridgehead atoms. The minimum Gasteiger partial charge on any atom is -0.490 e. The molecular weight excluding hydrogens is 627 g/mol. The van der Waals surface area contributed by atoms with Crippen molar-refractivity contribution in [2.24, 2.45) is 7.05 Å². The molecule has 13 heteroatoms. The lowest BCUT2D eigenvalue weighted by Gasteiger charge is -2.37. The number of piperidine rings is 3. The number of ether oxygens (including phenoxy) is 1. The van der Waals surface area contributed by atoms with E-state index in [4.69, 9.17) is 16.3 Å². The number of likely N-dealkylation sites (tertiary alicyclic amines) is 2. The summed E-state index contributed by atoms with van der Waals surface area (Å²) in [5.41, 5.74) is 2.19. The number of likely N-dealkylation sites (N-methyl/N-ethyl adjacent to an activating group) is 1. The van der Waals surface area contributed by atoms with Crippen LogP contribution in [0.25, 0.3) is 0 Å². The van der Waals surface area contributed by atoms with Crippen LogP contribution in [0.2, 0.25) is 5.02 Å². The van der Waals surface area contributed by atoms with Crippen molar-refractivity contribution < 1.29 is 23.5 Å². The van der Waals surface area contributed by atoms with Crippen LogP contribution in [0, 0.1) is 5.82 Å². The topological polar surface area (TPSA) is 126 Å². The molecule has 0 aliphatic carbocycles. The highest BCUT2D eigenvalue weighted by Crippen LogP contribution is 2.32. The van der Waals surface area contributed by atoms with E-state index < -0.39 is 17.6 Å². The number of nitrogens with zero attached hydrogens (tertiary/aromatic N) is 4. The highest BCUT2D eigenvalue weighted by molar-refractivity contribution is 6.32. The van der Waals surface area contributed by atoms with Crippen molar-refractivity contribution in [3.63, 3.8) is 0 Å². The van der Waals surface area contributed by atoms with Crippen molar-refractivity contribution in [3.8, 4) is 5.75 Å². The first-order chi connectivity index (χ1) is 22.5. The van der Waals surface area contributed by atoms with E-state index >= 15 is 0 Å². The van der Waals surface area contributed by atoms with Gasteiger partial charge >= 0.3 is 0 Å². The van der Waals surface area contributed by atoms with Crippen molar-refractivity contribution in [3.05, 3.63) is 86.5 Å². The fraction of sp³-hybridized carbons (Fsp3) is 0.441. The lowest BCUT2D eigenvalue weighted by molar-refractivity contribution is -0.134. The van der Waals surface area contributed by atoms with Gasteiger partial charge in [0.25, 0.3) is 11.5 Å². The Morgan fingerprint density at radius 2 is 1.79 bits per heavy atom. The van der Waals surface area contributed by atoms with E-state index in [2.05, 4.69) is 27.7 Å². The van der Waals surface area contributed by atoms with Gasteiger partial charge in [0.15, 0.2) is 0 Å². The molecule has 3 fully saturated rings. The Kier molecular flexibility index (Phi) is 9.60. The van der Waals surface area contributed by atoms with Gasteiger partial charge in [0.2, 0.25) is 11.8 Å². The van der Waals surface area contributed by atoms with E-state index in [0.29, 0.717) is 42.9 Å². The predicted octanol–water partition coefficient (Wildman–Crippen LogP) is 3.68. The Labute approximate surface area is 277 Å². The molecule has 6 rings (SSSR count). The normalized spacial score (nSPS) is 22.6. The van der Waals surface area contributed by atoms with Gasteiger partial charge < -0.3 is 19.9 Å². The Morgan fingerprint density at radius 3 is 2.49 bits per heavy atom. The summed E-state index contributed by atoms with van der Waals surface area (Å²) >= 11 is 6.28. The first kappa shape index (κ1) is 32.6. The van der Waals surface area contributed by atoms with Crippen LogP contribution in [0.5, 0.6) is 5.75 Å². The first-order valence-corrected chi connectivity index (χ1v) is 16.3. The molecule has 3 atom stereocenters. The van der Waals surface area contributed by atoms with Crippen LogP contribution in [0.15, 0.2) is 53.5 Å². The van der Waals surface area contributed by atoms with Gasteiger partial charge in [-0.25, -0.2) is 9.07 Å². The third kappa shape index (κ3) is 7.33. The SMILES string of the molecule is CN1C[C@H](Nc2cnn(C)c(=O)c2Cl)C[C@H](c2ccc(C(=O)N3CCC(Oc4ccc(C5CCC(=O)NC5=O)c(F)c4)CC3)cc2)C1. The maximum Gasteiger partial charge on any atom is 0.287 e. The molecule has 0 spiro atoms. The quantitative estimate of drug-likeness (QED) is 0.367. The number of carbonyl (C=O) groups excluding carboxylic acids is 3. The molecule has 0 radical (unpaired) electrons. The lowest BCUT2D eigenvalue weighted by atomic mass is 9.87. The van der Waals surface area contributed by atoms with E-state index in [1.807, 2.05) is 29.2 Å². The molecule has 1 unspecified atom stereocenters. The fourth-order valence-corrected chi connectivity index (χ4v) is 7.03. The molecule has 3 amide bonds. The Hall–Kier alpha value is -4.29. The van der Waals surface area contributed by atoms with Crippen LogP contribution < -0.4 is 20.9 Å². The van der Waals surface area contributed by atoms with E-state index in [1.165, 1.54) is 10.7 Å². The second-order valence-electron chi connectivity index (χ2n) is 12.7. The molecule has 4 heterocycles.